The third kappa shape index (κ3) is 4.99. The first-order chi connectivity index (χ1) is 12.1. The van der Waals surface area contributed by atoms with Gasteiger partial charge in [-0.3, -0.25) is 4.79 Å². The fraction of sp³-hybridized carbons (Fsp3) is 0.824. The monoisotopic (exact) mass is 353 g/mol. The lowest BCUT2D eigenvalue weighted by atomic mass is 10.2. The van der Waals surface area contributed by atoms with Gasteiger partial charge < -0.3 is 23.5 Å². The quantitative estimate of drug-likeness (QED) is 0.689. The molecule has 0 spiro atoms. The fourth-order valence-corrected chi connectivity index (χ4v) is 2.94. The zero-order chi connectivity index (χ0) is 17.6. The molecule has 0 aromatic carbocycles. The highest BCUT2D eigenvalue weighted by Crippen LogP contribution is 2.23. The zero-order valence-corrected chi connectivity index (χ0v) is 15.0. The van der Waals surface area contributed by atoms with Crippen molar-refractivity contribution in [3.05, 3.63) is 11.8 Å². The molecule has 0 radical (unpaired) electrons. The van der Waals surface area contributed by atoms with E-state index in [9.17, 15) is 4.79 Å². The summed E-state index contributed by atoms with van der Waals surface area (Å²) in [5.41, 5.74) is 0. The average molecular weight is 353 g/mol. The summed E-state index contributed by atoms with van der Waals surface area (Å²) in [6.45, 7) is 7.26. The number of morpholine rings is 1. The molecule has 3 rings (SSSR count). The highest BCUT2D eigenvalue weighted by atomic mass is 16.5. The Morgan fingerprint density at radius 2 is 2.20 bits per heavy atom. The van der Waals surface area contributed by atoms with Crippen LogP contribution < -0.4 is 0 Å². The Morgan fingerprint density at radius 3 is 2.92 bits per heavy atom. The van der Waals surface area contributed by atoms with Gasteiger partial charge in [-0.25, -0.2) is 0 Å². The Labute approximate surface area is 147 Å². The van der Waals surface area contributed by atoms with Gasteiger partial charge >= 0.3 is 0 Å². The third-order valence-electron chi connectivity index (χ3n) is 4.43. The largest absolute Gasteiger partial charge is 0.422 e. The standard InChI is InChI=1S/C17H27N3O5/c1-12(2)16-18-19-17(25-16)14-10-20(6-9-24-14)15(21)5-8-22-11-13-4-3-7-23-13/h12-14H,3-11H2,1-2H3/t13-,14+/m1/s1. The molecule has 140 valence electrons. The Balaban J connectivity index is 1.42. The van der Waals surface area contributed by atoms with Crippen LogP contribution in [-0.2, 0) is 19.0 Å². The summed E-state index contributed by atoms with van der Waals surface area (Å²) in [5, 5.41) is 8.08. The van der Waals surface area contributed by atoms with Crippen molar-refractivity contribution < 1.29 is 23.4 Å². The number of rotatable bonds is 7. The van der Waals surface area contributed by atoms with E-state index < -0.39 is 0 Å². The molecule has 2 fully saturated rings. The fourth-order valence-electron chi connectivity index (χ4n) is 2.94. The molecule has 2 aliphatic rings. The maximum Gasteiger partial charge on any atom is 0.247 e. The van der Waals surface area contributed by atoms with E-state index in [2.05, 4.69) is 10.2 Å². The van der Waals surface area contributed by atoms with Crippen LogP contribution in [-0.4, -0.2) is 66.6 Å². The van der Waals surface area contributed by atoms with Crippen molar-refractivity contribution >= 4 is 5.91 Å². The maximum absolute atomic E-state index is 12.4. The number of nitrogens with zero attached hydrogens (tertiary/aromatic N) is 3. The van der Waals surface area contributed by atoms with Crippen molar-refractivity contribution in [1.29, 1.82) is 0 Å². The minimum atomic E-state index is -0.356. The molecule has 8 heteroatoms. The molecule has 25 heavy (non-hydrogen) atoms. The van der Waals surface area contributed by atoms with Crippen molar-refractivity contribution in [1.82, 2.24) is 15.1 Å². The summed E-state index contributed by atoms with van der Waals surface area (Å²) < 4.78 is 22.4. The first-order valence-electron chi connectivity index (χ1n) is 9.05. The van der Waals surface area contributed by atoms with Gasteiger partial charge in [-0.2, -0.15) is 0 Å². The first kappa shape index (κ1) is 18.3. The van der Waals surface area contributed by atoms with Crippen LogP contribution in [0.1, 0.15) is 56.9 Å². The van der Waals surface area contributed by atoms with Crippen molar-refractivity contribution in [3.8, 4) is 0 Å². The van der Waals surface area contributed by atoms with E-state index in [4.69, 9.17) is 18.6 Å². The molecule has 8 nitrogen and oxygen atoms in total. The van der Waals surface area contributed by atoms with Crippen LogP contribution in [0.5, 0.6) is 0 Å². The predicted octanol–water partition coefficient (Wildman–Crippen LogP) is 1.68. The summed E-state index contributed by atoms with van der Waals surface area (Å²) in [5.74, 6) is 1.26. The average Bonchev–Trinajstić information content (AvgIpc) is 3.30. The van der Waals surface area contributed by atoms with E-state index in [1.54, 1.807) is 4.90 Å². The lowest BCUT2D eigenvalue weighted by molar-refractivity contribution is -0.141. The number of ether oxygens (including phenoxy) is 3. The first-order valence-corrected chi connectivity index (χ1v) is 9.05. The highest BCUT2D eigenvalue weighted by molar-refractivity contribution is 5.76. The Kier molecular flexibility index (Phi) is 6.39. The molecule has 2 saturated heterocycles. The van der Waals surface area contributed by atoms with Gasteiger partial charge in [0.25, 0.3) is 0 Å². The Morgan fingerprint density at radius 1 is 1.32 bits per heavy atom. The molecule has 0 unspecified atom stereocenters. The SMILES string of the molecule is CC(C)c1nnc([C@@H]2CN(C(=O)CCOC[C@H]3CCCO3)CCO2)o1. The van der Waals surface area contributed by atoms with E-state index in [0.717, 1.165) is 19.4 Å². The lowest BCUT2D eigenvalue weighted by Crippen LogP contribution is -2.42. The van der Waals surface area contributed by atoms with Gasteiger partial charge in [-0.1, -0.05) is 13.8 Å². The second kappa shape index (κ2) is 8.73. The van der Waals surface area contributed by atoms with Gasteiger partial charge in [0.1, 0.15) is 0 Å². The van der Waals surface area contributed by atoms with Crippen LogP contribution >= 0.6 is 0 Å². The normalized spacial score (nSPS) is 24.2. The van der Waals surface area contributed by atoms with E-state index >= 15 is 0 Å². The molecular formula is C17H27N3O5. The Hall–Kier alpha value is -1.51. The summed E-state index contributed by atoms with van der Waals surface area (Å²) >= 11 is 0. The number of carbonyl (C=O) groups excluding carboxylic acids is 1. The molecule has 2 aliphatic heterocycles. The second-order valence-electron chi connectivity index (χ2n) is 6.79. The summed E-state index contributed by atoms with van der Waals surface area (Å²) in [7, 11) is 0. The molecule has 2 atom stereocenters. The van der Waals surface area contributed by atoms with Gasteiger partial charge in [0.2, 0.25) is 17.7 Å². The lowest BCUT2D eigenvalue weighted by Gasteiger charge is -2.31. The molecule has 0 N–H and O–H groups in total. The molecule has 0 bridgehead atoms. The van der Waals surface area contributed by atoms with Gasteiger partial charge in [0.15, 0.2) is 6.10 Å². The predicted molar refractivity (Wildman–Crippen MR) is 88.1 cm³/mol. The van der Waals surface area contributed by atoms with E-state index in [1.165, 1.54) is 0 Å². The van der Waals surface area contributed by atoms with Crippen molar-refractivity contribution in [2.75, 3.05) is 39.5 Å². The van der Waals surface area contributed by atoms with E-state index in [-0.39, 0.29) is 24.0 Å². The van der Waals surface area contributed by atoms with Crippen LogP contribution in [0, 0.1) is 0 Å². The molecule has 1 aromatic heterocycles. The van der Waals surface area contributed by atoms with Gasteiger partial charge in [0, 0.05) is 19.1 Å². The topological polar surface area (TPSA) is 86.9 Å². The summed E-state index contributed by atoms with van der Waals surface area (Å²) in [4.78, 5) is 14.2. The van der Waals surface area contributed by atoms with Crippen molar-refractivity contribution in [2.45, 2.75) is 51.2 Å². The van der Waals surface area contributed by atoms with Gasteiger partial charge in [-0.05, 0) is 12.8 Å². The summed E-state index contributed by atoms with van der Waals surface area (Å²) in [6, 6.07) is 0. The number of hydrogen-bond donors (Lipinski definition) is 0. The molecular weight excluding hydrogens is 326 g/mol. The smallest absolute Gasteiger partial charge is 0.247 e. The molecule has 3 heterocycles. The van der Waals surface area contributed by atoms with Crippen LogP contribution in [0.2, 0.25) is 0 Å². The van der Waals surface area contributed by atoms with E-state index in [1.807, 2.05) is 13.8 Å². The number of amides is 1. The highest BCUT2D eigenvalue weighted by Gasteiger charge is 2.29. The molecule has 1 amide bonds. The van der Waals surface area contributed by atoms with Crippen LogP contribution in [0.25, 0.3) is 0 Å². The second-order valence-corrected chi connectivity index (χ2v) is 6.79. The van der Waals surface area contributed by atoms with Gasteiger partial charge in [0.05, 0.1) is 38.9 Å². The van der Waals surface area contributed by atoms with Crippen molar-refractivity contribution in [3.63, 3.8) is 0 Å². The van der Waals surface area contributed by atoms with Crippen molar-refractivity contribution in [2.24, 2.45) is 0 Å². The maximum atomic E-state index is 12.4. The third-order valence-corrected chi connectivity index (χ3v) is 4.43. The zero-order valence-electron chi connectivity index (χ0n) is 15.0. The van der Waals surface area contributed by atoms with Crippen LogP contribution in [0.3, 0.4) is 0 Å². The van der Waals surface area contributed by atoms with Gasteiger partial charge in [-0.15, -0.1) is 10.2 Å². The molecule has 1 aromatic rings. The van der Waals surface area contributed by atoms with Crippen LogP contribution in [0.15, 0.2) is 4.42 Å². The van der Waals surface area contributed by atoms with E-state index in [0.29, 0.717) is 51.1 Å². The molecule has 0 aliphatic carbocycles. The summed E-state index contributed by atoms with van der Waals surface area (Å²) in [6.07, 6.45) is 2.33. The number of hydrogen-bond acceptors (Lipinski definition) is 7. The number of carbonyl (C=O) groups is 1. The Bertz CT molecular complexity index is 556. The molecule has 0 saturated carbocycles. The number of aromatic nitrogens is 2. The van der Waals surface area contributed by atoms with Crippen LogP contribution in [0.4, 0.5) is 0 Å². The minimum Gasteiger partial charge on any atom is -0.422 e. The minimum absolute atomic E-state index is 0.0595.